The van der Waals surface area contributed by atoms with Crippen molar-refractivity contribution in [2.75, 3.05) is 0 Å². The average Bonchev–Trinajstić information content (AvgIpc) is 2.71. The van der Waals surface area contributed by atoms with Gasteiger partial charge in [-0.15, -0.1) is 0 Å². The Morgan fingerprint density at radius 1 is 1.39 bits per heavy atom. The molecule has 18 heavy (non-hydrogen) atoms. The Morgan fingerprint density at radius 3 is 2.61 bits per heavy atom. The van der Waals surface area contributed by atoms with E-state index in [2.05, 4.69) is 32.9 Å². The van der Waals surface area contributed by atoms with Crippen LogP contribution in [0.2, 0.25) is 0 Å². The third kappa shape index (κ3) is 2.33. The first-order valence-corrected chi connectivity index (χ1v) is 6.59. The zero-order valence-electron chi connectivity index (χ0n) is 11.6. The molecule has 2 nitrogen and oxygen atoms in total. The molecule has 0 amide bonds. The lowest BCUT2D eigenvalue weighted by molar-refractivity contribution is 0.102. The van der Waals surface area contributed by atoms with Gasteiger partial charge in [-0.25, -0.2) is 0 Å². The maximum Gasteiger partial charge on any atom is 0.209 e. The summed E-state index contributed by atoms with van der Waals surface area (Å²) in [6.07, 6.45) is 7.08. The van der Waals surface area contributed by atoms with E-state index >= 15 is 0 Å². The van der Waals surface area contributed by atoms with Crippen molar-refractivity contribution in [3.8, 4) is 0 Å². The largest absolute Gasteiger partial charge is 0.345 e. The standard InChI is InChI=1S/C16H21NO/c1-11(2)14-9-10-15(17(14)4)16(18)13-7-5-12(3)6-8-13/h5,7-12H,6H2,1-4H3. The van der Waals surface area contributed by atoms with Gasteiger partial charge >= 0.3 is 0 Å². The molecule has 1 aromatic rings. The van der Waals surface area contributed by atoms with Gasteiger partial charge in [-0.05, 0) is 30.4 Å². The van der Waals surface area contributed by atoms with Crippen molar-refractivity contribution >= 4 is 5.78 Å². The molecule has 1 aliphatic carbocycles. The molecule has 1 aliphatic rings. The second kappa shape index (κ2) is 4.97. The molecule has 0 bridgehead atoms. The highest BCUT2D eigenvalue weighted by atomic mass is 16.1. The molecule has 1 unspecified atom stereocenters. The van der Waals surface area contributed by atoms with Gasteiger partial charge in [0.25, 0.3) is 0 Å². The van der Waals surface area contributed by atoms with Gasteiger partial charge in [0.05, 0.1) is 5.69 Å². The number of carbonyl (C=O) groups is 1. The molecule has 2 heteroatoms. The van der Waals surface area contributed by atoms with E-state index in [9.17, 15) is 4.79 Å². The molecule has 0 radical (unpaired) electrons. The number of nitrogens with zero attached hydrogens (tertiary/aromatic N) is 1. The molecular formula is C16H21NO. The molecule has 2 rings (SSSR count). The fourth-order valence-corrected chi connectivity index (χ4v) is 2.38. The molecule has 0 spiro atoms. The number of allylic oxidation sites excluding steroid dienone is 4. The first kappa shape index (κ1) is 12.9. The third-order valence-corrected chi connectivity index (χ3v) is 3.56. The van der Waals surface area contributed by atoms with Crippen LogP contribution >= 0.6 is 0 Å². The van der Waals surface area contributed by atoms with E-state index in [-0.39, 0.29) is 5.78 Å². The lowest BCUT2D eigenvalue weighted by atomic mass is 9.95. The maximum absolute atomic E-state index is 12.4. The first-order chi connectivity index (χ1) is 8.50. The number of hydrogen-bond acceptors (Lipinski definition) is 1. The molecule has 0 aromatic carbocycles. The molecule has 0 saturated carbocycles. The van der Waals surface area contributed by atoms with Crippen LogP contribution in [0.1, 0.15) is 49.3 Å². The van der Waals surface area contributed by atoms with Crippen LogP contribution in [0.25, 0.3) is 0 Å². The second-order valence-corrected chi connectivity index (χ2v) is 5.42. The van der Waals surface area contributed by atoms with Gasteiger partial charge in [0.2, 0.25) is 5.78 Å². The molecule has 1 heterocycles. The maximum atomic E-state index is 12.4. The summed E-state index contributed by atoms with van der Waals surface area (Å²) in [5.74, 6) is 1.11. The normalized spacial score (nSPS) is 19.2. The Balaban J connectivity index is 2.28. The van der Waals surface area contributed by atoms with Gasteiger partial charge in [0, 0.05) is 18.3 Å². The highest BCUT2D eigenvalue weighted by Gasteiger charge is 2.18. The predicted molar refractivity (Wildman–Crippen MR) is 74.8 cm³/mol. The van der Waals surface area contributed by atoms with Crippen LogP contribution in [0.4, 0.5) is 0 Å². The van der Waals surface area contributed by atoms with E-state index in [4.69, 9.17) is 0 Å². The Bertz CT molecular complexity index is 517. The number of Topliss-reactive ketones (excluding diaryl/α,β-unsaturated/α-hetero) is 1. The van der Waals surface area contributed by atoms with Gasteiger partial charge in [-0.3, -0.25) is 4.79 Å². The smallest absolute Gasteiger partial charge is 0.209 e. The minimum atomic E-state index is 0.132. The molecule has 1 aromatic heterocycles. The minimum Gasteiger partial charge on any atom is -0.345 e. The Labute approximate surface area is 109 Å². The van der Waals surface area contributed by atoms with Crippen molar-refractivity contribution in [1.29, 1.82) is 0 Å². The Morgan fingerprint density at radius 2 is 2.11 bits per heavy atom. The van der Waals surface area contributed by atoms with E-state index < -0.39 is 0 Å². The van der Waals surface area contributed by atoms with Crippen LogP contribution < -0.4 is 0 Å². The summed E-state index contributed by atoms with van der Waals surface area (Å²) in [6, 6.07) is 3.98. The number of ketones is 1. The lowest BCUT2D eigenvalue weighted by Crippen LogP contribution is -2.11. The second-order valence-electron chi connectivity index (χ2n) is 5.42. The summed E-state index contributed by atoms with van der Waals surface area (Å²) in [4.78, 5) is 12.4. The summed E-state index contributed by atoms with van der Waals surface area (Å²) >= 11 is 0. The predicted octanol–water partition coefficient (Wildman–Crippen LogP) is 3.85. The Kier molecular flexibility index (Phi) is 3.55. The van der Waals surface area contributed by atoms with Crippen LogP contribution in [-0.4, -0.2) is 10.4 Å². The van der Waals surface area contributed by atoms with Gasteiger partial charge in [-0.2, -0.15) is 0 Å². The monoisotopic (exact) mass is 243 g/mol. The van der Waals surface area contributed by atoms with E-state index in [0.717, 1.165) is 17.7 Å². The molecular weight excluding hydrogens is 222 g/mol. The summed E-state index contributed by atoms with van der Waals surface area (Å²) in [7, 11) is 1.97. The van der Waals surface area contributed by atoms with E-state index in [1.54, 1.807) is 0 Å². The van der Waals surface area contributed by atoms with Gasteiger partial charge in [-0.1, -0.05) is 39.0 Å². The van der Waals surface area contributed by atoms with Crippen LogP contribution in [0.5, 0.6) is 0 Å². The fourth-order valence-electron chi connectivity index (χ4n) is 2.38. The topological polar surface area (TPSA) is 22.0 Å². The number of carbonyl (C=O) groups excluding carboxylic acids is 1. The van der Waals surface area contributed by atoms with Crippen molar-refractivity contribution in [2.24, 2.45) is 13.0 Å². The summed E-state index contributed by atoms with van der Waals surface area (Å²) in [6.45, 7) is 6.45. The van der Waals surface area contributed by atoms with Crippen molar-refractivity contribution in [2.45, 2.75) is 33.1 Å². The van der Waals surface area contributed by atoms with Gasteiger partial charge in [0.1, 0.15) is 0 Å². The molecule has 96 valence electrons. The fraction of sp³-hybridized carbons (Fsp3) is 0.438. The van der Waals surface area contributed by atoms with Crippen molar-refractivity contribution in [1.82, 2.24) is 4.57 Å². The van der Waals surface area contributed by atoms with Crippen LogP contribution in [0.3, 0.4) is 0 Å². The highest BCUT2D eigenvalue weighted by molar-refractivity contribution is 6.09. The van der Waals surface area contributed by atoms with Gasteiger partial charge < -0.3 is 4.57 Å². The molecule has 0 fully saturated rings. The zero-order chi connectivity index (χ0) is 13.3. The van der Waals surface area contributed by atoms with Crippen LogP contribution in [0, 0.1) is 5.92 Å². The average molecular weight is 243 g/mol. The third-order valence-electron chi connectivity index (χ3n) is 3.56. The highest BCUT2D eigenvalue weighted by Crippen LogP contribution is 2.22. The zero-order valence-corrected chi connectivity index (χ0v) is 11.6. The summed E-state index contributed by atoms with van der Waals surface area (Å²) in [5.41, 5.74) is 2.81. The molecule has 0 saturated heterocycles. The quantitative estimate of drug-likeness (QED) is 0.739. The molecule has 0 aliphatic heterocycles. The van der Waals surface area contributed by atoms with Crippen molar-refractivity contribution < 1.29 is 4.79 Å². The van der Waals surface area contributed by atoms with Crippen molar-refractivity contribution in [3.05, 3.63) is 47.3 Å². The number of aromatic nitrogens is 1. The summed E-state index contributed by atoms with van der Waals surface area (Å²) in [5, 5.41) is 0. The summed E-state index contributed by atoms with van der Waals surface area (Å²) < 4.78 is 2.01. The van der Waals surface area contributed by atoms with E-state index in [1.807, 2.05) is 29.8 Å². The minimum absolute atomic E-state index is 0.132. The van der Waals surface area contributed by atoms with Crippen LogP contribution in [0.15, 0.2) is 35.9 Å². The van der Waals surface area contributed by atoms with Crippen LogP contribution in [-0.2, 0) is 7.05 Å². The first-order valence-electron chi connectivity index (χ1n) is 6.59. The van der Waals surface area contributed by atoms with Gasteiger partial charge in [0.15, 0.2) is 0 Å². The van der Waals surface area contributed by atoms with E-state index in [0.29, 0.717) is 11.8 Å². The SMILES string of the molecule is CC1C=CC(C(=O)c2ccc(C(C)C)n2C)=CC1. The van der Waals surface area contributed by atoms with Crippen molar-refractivity contribution in [3.63, 3.8) is 0 Å². The Hall–Kier alpha value is -1.57. The molecule has 1 atom stereocenters. The van der Waals surface area contributed by atoms with E-state index in [1.165, 1.54) is 5.69 Å². The number of hydrogen-bond donors (Lipinski definition) is 0. The number of rotatable bonds is 3. The lowest BCUT2D eigenvalue weighted by Gasteiger charge is -2.13. The molecule has 0 N–H and O–H groups in total.